The highest BCUT2D eigenvalue weighted by Crippen LogP contribution is 2.33. The molecule has 1 N–H and O–H groups in total. The molecule has 1 heterocycles. The number of nitrogens with zero attached hydrogens (tertiary/aromatic N) is 1. The molecule has 1 aromatic heterocycles. The summed E-state index contributed by atoms with van der Waals surface area (Å²) in [6.07, 6.45) is 0. The topological polar surface area (TPSA) is 43.4 Å². The number of rotatable bonds is 7. The van der Waals surface area contributed by atoms with Gasteiger partial charge >= 0.3 is 0 Å². The molecule has 0 saturated carbocycles. The first-order valence-electron chi connectivity index (χ1n) is 6.77. The number of hydrogen-bond donors (Lipinski definition) is 1. The normalized spacial score (nSPS) is 10.6. The first kappa shape index (κ1) is 14.8. The molecule has 0 unspecified atom stereocenters. The molecule has 4 nitrogen and oxygen atoms in total. The van der Waals surface area contributed by atoms with Crippen LogP contribution in [0.3, 0.4) is 0 Å². The van der Waals surface area contributed by atoms with Crippen LogP contribution in [0.25, 0.3) is 11.3 Å². The van der Waals surface area contributed by atoms with Crippen molar-refractivity contribution in [3.8, 4) is 22.8 Å². The van der Waals surface area contributed by atoms with Crippen LogP contribution < -0.4 is 14.8 Å². The number of nitrogens with one attached hydrogen (secondary N) is 1. The second-order valence-electron chi connectivity index (χ2n) is 4.18. The average molecular weight is 292 g/mol. The van der Waals surface area contributed by atoms with Crippen LogP contribution in [0, 0.1) is 0 Å². The van der Waals surface area contributed by atoms with Crippen molar-refractivity contribution in [1.82, 2.24) is 10.3 Å². The maximum absolute atomic E-state index is 5.64. The van der Waals surface area contributed by atoms with Gasteiger partial charge in [0.15, 0.2) is 11.5 Å². The third-order valence-corrected chi connectivity index (χ3v) is 3.57. The lowest BCUT2D eigenvalue weighted by atomic mass is 10.1. The van der Waals surface area contributed by atoms with Crippen LogP contribution in [0.4, 0.5) is 0 Å². The van der Waals surface area contributed by atoms with Crippen molar-refractivity contribution < 1.29 is 9.47 Å². The average Bonchev–Trinajstić information content (AvgIpc) is 2.90. The van der Waals surface area contributed by atoms with Gasteiger partial charge in [-0.15, -0.1) is 11.3 Å². The van der Waals surface area contributed by atoms with Gasteiger partial charge in [-0.25, -0.2) is 4.98 Å². The van der Waals surface area contributed by atoms with Gasteiger partial charge in [0.25, 0.3) is 0 Å². The van der Waals surface area contributed by atoms with Crippen LogP contribution >= 0.6 is 11.3 Å². The summed E-state index contributed by atoms with van der Waals surface area (Å²) < 4.78 is 11.2. The Morgan fingerprint density at radius 3 is 2.60 bits per heavy atom. The van der Waals surface area contributed by atoms with Crippen LogP contribution in [0.15, 0.2) is 23.6 Å². The van der Waals surface area contributed by atoms with E-state index in [1.165, 1.54) is 0 Å². The van der Waals surface area contributed by atoms with Gasteiger partial charge in [-0.05, 0) is 39.1 Å². The van der Waals surface area contributed by atoms with Crippen LogP contribution in [-0.4, -0.2) is 25.2 Å². The standard InChI is InChI=1S/C15H20N2O2S/c1-4-18-13-7-6-11(8-14(13)19-5-2)12-10-20-15(17-12)9-16-3/h6-8,10,16H,4-5,9H2,1-3H3. The zero-order valence-electron chi connectivity index (χ0n) is 12.1. The van der Waals surface area contributed by atoms with Gasteiger partial charge in [-0.3, -0.25) is 0 Å². The molecular formula is C15H20N2O2S. The highest BCUT2D eigenvalue weighted by atomic mass is 32.1. The summed E-state index contributed by atoms with van der Waals surface area (Å²) in [5.74, 6) is 1.55. The maximum Gasteiger partial charge on any atom is 0.161 e. The lowest BCUT2D eigenvalue weighted by Gasteiger charge is -2.11. The first-order valence-corrected chi connectivity index (χ1v) is 7.65. The van der Waals surface area contributed by atoms with Gasteiger partial charge < -0.3 is 14.8 Å². The Balaban J connectivity index is 2.28. The Morgan fingerprint density at radius 1 is 1.15 bits per heavy atom. The van der Waals surface area contributed by atoms with Crippen molar-refractivity contribution in [2.45, 2.75) is 20.4 Å². The fourth-order valence-corrected chi connectivity index (χ4v) is 2.70. The van der Waals surface area contributed by atoms with E-state index < -0.39 is 0 Å². The van der Waals surface area contributed by atoms with E-state index in [9.17, 15) is 0 Å². The molecule has 1 aromatic carbocycles. The molecule has 0 fully saturated rings. The summed E-state index contributed by atoms with van der Waals surface area (Å²) in [4.78, 5) is 4.61. The van der Waals surface area contributed by atoms with Gasteiger partial charge in [0.05, 0.1) is 18.9 Å². The quantitative estimate of drug-likeness (QED) is 0.850. The molecule has 0 atom stereocenters. The zero-order chi connectivity index (χ0) is 14.4. The summed E-state index contributed by atoms with van der Waals surface area (Å²) >= 11 is 1.66. The molecular weight excluding hydrogens is 272 g/mol. The second-order valence-corrected chi connectivity index (χ2v) is 5.13. The molecule has 0 radical (unpaired) electrons. The maximum atomic E-state index is 5.64. The van der Waals surface area contributed by atoms with Crippen LogP contribution in [0.1, 0.15) is 18.9 Å². The highest BCUT2D eigenvalue weighted by molar-refractivity contribution is 7.09. The van der Waals surface area contributed by atoms with E-state index in [1.807, 2.05) is 39.1 Å². The highest BCUT2D eigenvalue weighted by Gasteiger charge is 2.10. The molecule has 0 spiro atoms. The van der Waals surface area contributed by atoms with E-state index >= 15 is 0 Å². The van der Waals surface area contributed by atoms with Crippen LogP contribution in [0.2, 0.25) is 0 Å². The van der Waals surface area contributed by atoms with Crippen molar-refractivity contribution in [1.29, 1.82) is 0 Å². The molecule has 0 saturated heterocycles. The molecule has 2 aromatic rings. The Hall–Kier alpha value is -1.59. The Bertz CT molecular complexity index is 555. The molecule has 0 aliphatic carbocycles. The number of ether oxygens (including phenoxy) is 2. The molecule has 108 valence electrons. The molecule has 2 rings (SSSR count). The van der Waals surface area contributed by atoms with Gasteiger partial charge in [0.1, 0.15) is 5.01 Å². The summed E-state index contributed by atoms with van der Waals surface area (Å²) in [7, 11) is 1.92. The zero-order valence-corrected chi connectivity index (χ0v) is 12.9. The van der Waals surface area contributed by atoms with E-state index in [4.69, 9.17) is 9.47 Å². The molecule has 0 aliphatic rings. The number of aromatic nitrogens is 1. The van der Waals surface area contributed by atoms with Gasteiger partial charge in [0, 0.05) is 17.5 Å². The smallest absolute Gasteiger partial charge is 0.161 e. The third kappa shape index (κ3) is 3.49. The molecule has 0 bridgehead atoms. The third-order valence-electron chi connectivity index (χ3n) is 2.72. The molecule has 0 aliphatic heterocycles. The van der Waals surface area contributed by atoms with Crippen molar-refractivity contribution in [3.05, 3.63) is 28.6 Å². The molecule has 20 heavy (non-hydrogen) atoms. The molecule has 0 amide bonds. The lowest BCUT2D eigenvalue weighted by Crippen LogP contribution is -2.04. The minimum Gasteiger partial charge on any atom is -0.490 e. The summed E-state index contributed by atoms with van der Waals surface area (Å²) in [5, 5.41) is 6.26. The van der Waals surface area contributed by atoms with Crippen molar-refractivity contribution >= 4 is 11.3 Å². The predicted molar refractivity (Wildman–Crippen MR) is 82.7 cm³/mol. The Kier molecular flexibility index (Phi) is 5.38. The lowest BCUT2D eigenvalue weighted by molar-refractivity contribution is 0.288. The molecule has 5 heteroatoms. The van der Waals surface area contributed by atoms with Crippen LogP contribution in [0.5, 0.6) is 11.5 Å². The monoisotopic (exact) mass is 292 g/mol. The minimum absolute atomic E-state index is 0.617. The van der Waals surface area contributed by atoms with E-state index in [0.29, 0.717) is 13.2 Å². The summed E-state index contributed by atoms with van der Waals surface area (Å²) in [6.45, 7) is 5.97. The number of thiazole rings is 1. The van der Waals surface area contributed by atoms with Crippen molar-refractivity contribution in [3.63, 3.8) is 0 Å². The Labute approximate surface area is 123 Å². The van der Waals surface area contributed by atoms with E-state index in [1.54, 1.807) is 11.3 Å². The minimum atomic E-state index is 0.617. The summed E-state index contributed by atoms with van der Waals surface area (Å²) in [5.41, 5.74) is 2.03. The van der Waals surface area contributed by atoms with Gasteiger partial charge in [-0.1, -0.05) is 0 Å². The SMILES string of the molecule is CCOc1ccc(-c2csc(CNC)n2)cc1OCC. The Morgan fingerprint density at radius 2 is 1.90 bits per heavy atom. The number of benzene rings is 1. The van der Waals surface area contributed by atoms with E-state index in [2.05, 4.69) is 15.7 Å². The van der Waals surface area contributed by atoms with E-state index in [0.717, 1.165) is 34.3 Å². The summed E-state index contributed by atoms with van der Waals surface area (Å²) in [6, 6.07) is 5.96. The van der Waals surface area contributed by atoms with Gasteiger partial charge in [-0.2, -0.15) is 0 Å². The first-order chi connectivity index (χ1) is 9.78. The van der Waals surface area contributed by atoms with Crippen LogP contribution in [-0.2, 0) is 6.54 Å². The van der Waals surface area contributed by atoms with Crippen molar-refractivity contribution in [2.75, 3.05) is 20.3 Å². The van der Waals surface area contributed by atoms with Gasteiger partial charge in [0.2, 0.25) is 0 Å². The van der Waals surface area contributed by atoms with Crippen molar-refractivity contribution in [2.24, 2.45) is 0 Å². The fraction of sp³-hybridized carbons (Fsp3) is 0.400. The largest absolute Gasteiger partial charge is 0.490 e. The second kappa shape index (κ2) is 7.26. The fourth-order valence-electron chi connectivity index (χ4n) is 1.89. The predicted octanol–water partition coefficient (Wildman–Crippen LogP) is 3.33. The van der Waals surface area contributed by atoms with E-state index in [-0.39, 0.29) is 0 Å². The number of hydrogen-bond acceptors (Lipinski definition) is 5.